The van der Waals surface area contributed by atoms with E-state index in [9.17, 15) is 0 Å². The van der Waals surface area contributed by atoms with Crippen molar-refractivity contribution in [2.75, 3.05) is 0 Å². The molecular formula is C22H36. The van der Waals surface area contributed by atoms with Gasteiger partial charge >= 0.3 is 0 Å². The molecular weight excluding hydrogens is 264 g/mol. The van der Waals surface area contributed by atoms with Gasteiger partial charge in [0.05, 0.1) is 0 Å². The minimum absolute atomic E-state index is 0.687. The second kappa shape index (κ2) is 12.3. The first kappa shape index (κ1) is 20.7. The highest BCUT2D eigenvalue weighted by Gasteiger charge is 1.95. The Morgan fingerprint density at radius 3 is 2.32 bits per heavy atom. The summed E-state index contributed by atoms with van der Waals surface area (Å²) >= 11 is 0. The van der Waals surface area contributed by atoms with Crippen LogP contribution in [0.2, 0.25) is 0 Å². The molecule has 0 aromatic carbocycles. The van der Waals surface area contributed by atoms with Crippen molar-refractivity contribution >= 4 is 0 Å². The molecule has 0 heterocycles. The molecule has 1 atom stereocenters. The van der Waals surface area contributed by atoms with E-state index in [0.717, 1.165) is 0 Å². The largest absolute Gasteiger partial charge is 0.0988 e. The van der Waals surface area contributed by atoms with Crippen LogP contribution in [-0.2, 0) is 0 Å². The highest BCUT2D eigenvalue weighted by Crippen LogP contribution is 2.14. The van der Waals surface area contributed by atoms with Crippen molar-refractivity contribution in [2.24, 2.45) is 5.92 Å². The normalized spacial score (nSPS) is 15.9. The summed E-state index contributed by atoms with van der Waals surface area (Å²) in [6.07, 6.45) is 17.3. The van der Waals surface area contributed by atoms with Crippen LogP contribution in [0.25, 0.3) is 0 Å². The van der Waals surface area contributed by atoms with Crippen LogP contribution in [0.3, 0.4) is 0 Å². The third-order valence-corrected chi connectivity index (χ3v) is 4.21. The maximum absolute atomic E-state index is 3.82. The lowest BCUT2D eigenvalue weighted by Gasteiger charge is -2.03. The van der Waals surface area contributed by atoms with Gasteiger partial charge in [0.2, 0.25) is 0 Å². The van der Waals surface area contributed by atoms with Crippen LogP contribution >= 0.6 is 0 Å². The fourth-order valence-corrected chi connectivity index (χ4v) is 2.11. The van der Waals surface area contributed by atoms with Crippen molar-refractivity contribution < 1.29 is 0 Å². The topological polar surface area (TPSA) is 0 Å². The van der Waals surface area contributed by atoms with Crippen LogP contribution in [0.15, 0.2) is 59.3 Å². The zero-order chi connectivity index (χ0) is 17.0. The molecule has 0 aliphatic heterocycles. The lowest BCUT2D eigenvalue weighted by atomic mass is 10.0. The zero-order valence-electron chi connectivity index (χ0n) is 15.7. The molecule has 0 N–H and O–H groups in total. The summed E-state index contributed by atoms with van der Waals surface area (Å²) in [6, 6.07) is 0. The molecule has 0 aliphatic rings. The van der Waals surface area contributed by atoms with Crippen molar-refractivity contribution in [3.05, 3.63) is 59.3 Å². The summed E-state index contributed by atoms with van der Waals surface area (Å²) in [4.78, 5) is 0. The minimum Gasteiger partial charge on any atom is -0.0988 e. The van der Waals surface area contributed by atoms with E-state index >= 15 is 0 Å². The van der Waals surface area contributed by atoms with Crippen LogP contribution in [-0.4, -0.2) is 0 Å². The molecule has 0 fully saturated rings. The molecule has 0 nitrogen and oxygen atoms in total. The summed E-state index contributed by atoms with van der Waals surface area (Å²) in [6.45, 7) is 17.0. The Morgan fingerprint density at radius 1 is 1.05 bits per heavy atom. The first-order valence-corrected chi connectivity index (χ1v) is 8.72. The molecule has 0 saturated heterocycles. The average molecular weight is 301 g/mol. The highest BCUT2D eigenvalue weighted by atomic mass is 14.0. The molecule has 0 radical (unpaired) electrons. The van der Waals surface area contributed by atoms with E-state index < -0.39 is 0 Å². The van der Waals surface area contributed by atoms with Gasteiger partial charge in [-0.05, 0) is 70.4 Å². The van der Waals surface area contributed by atoms with Gasteiger partial charge in [-0.15, -0.1) is 0 Å². The Hall–Kier alpha value is -1.30. The molecule has 1 unspecified atom stereocenters. The van der Waals surface area contributed by atoms with Crippen LogP contribution in [0.1, 0.15) is 73.6 Å². The quantitative estimate of drug-likeness (QED) is 0.288. The fraction of sp³-hybridized carbons (Fsp3) is 0.545. The summed E-state index contributed by atoms with van der Waals surface area (Å²) in [5.74, 6) is 0.687. The fourth-order valence-electron chi connectivity index (χ4n) is 2.11. The molecule has 0 bridgehead atoms. The molecule has 0 saturated carbocycles. The average Bonchev–Trinajstić information content (AvgIpc) is 2.50. The first-order valence-electron chi connectivity index (χ1n) is 8.72. The maximum atomic E-state index is 3.82. The summed E-state index contributed by atoms with van der Waals surface area (Å²) in [5, 5.41) is 0. The van der Waals surface area contributed by atoms with E-state index in [4.69, 9.17) is 0 Å². The third-order valence-electron chi connectivity index (χ3n) is 4.21. The molecule has 0 amide bonds. The standard InChI is InChI=1S/C22H36/c1-8-18(3)15-16-19(4)13-11-10-12-14-20(5)17-22(7)21(6)9-2/h9,13,15-18H,2,8,10-12,14H2,1,3-7H3. The van der Waals surface area contributed by atoms with E-state index in [-0.39, 0.29) is 0 Å². The van der Waals surface area contributed by atoms with Gasteiger partial charge in [-0.1, -0.05) is 68.4 Å². The van der Waals surface area contributed by atoms with Crippen LogP contribution < -0.4 is 0 Å². The Balaban J connectivity index is 4.10. The predicted molar refractivity (Wildman–Crippen MR) is 103 cm³/mol. The minimum atomic E-state index is 0.687. The van der Waals surface area contributed by atoms with E-state index in [1.54, 1.807) is 0 Å². The zero-order valence-corrected chi connectivity index (χ0v) is 15.7. The molecule has 124 valence electrons. The Bertz CT molecular complexity index is 441. The van der Waals surface area contributed by atoms with Crippen LogP contribution in [0.5, 0.6) is 0 Å². The van der Waals surface area contributed by atoms with Gasteiger partial charge < -0.3 is 0 Å². The number of hydrogen-bond donors (Lipinski definition) is 0. The van der Waals surface area contributed by atoms with Gasteiger partial charge in [-0.25, -0.2) is 0 Å². The van der Waals surface area contributed by atoms with Gasteiger partial charge in [0, 0.05) is 0 Å². The van der Waals surface area contributed by atoms with Gasteiger partial charge in [0.1, 0.15) is 0 Å². The molecule has 0 aromatic rings. The summed E-state index contributed by atoms with van der Waals surface area (Å²) in [7, 11) is 0. The van der Waals surface area contributed by atoms with Crippen molar-refractivity contribution in [1.29, 1.82) is 0 Å². The second-order valence-corrected chi connectivity index (χ2v) is 6.50. The van der Waals surface area contributed by atoms with Gasteiger partial charge in [-0.3, -0.25) is 0 Å². The summed E-state index contributed by atoms with van der Waals surface area (Å²) < 4.78 is 0. The van der Waals surface area contributed by atoms with Crippen LogP contribution in [0.4, 0.5) is 0 Å². The molecule has 0 rings (SSSR count). The number of allylic oxidation sites excluding steroid dienone is 9. The number of unbranched alkanes of at least 4 members (excludes halogenated alkanes) is 2. The third kappa shape index (κ3) is 10.4. The summed E-state index contributed by atoms with van der Waals surface area (Å²) in [5.41, 5.74) is 5.47. The van der Waals surface area contributed by atoms with Gasteiger partial charge in [0.15, 0.2) is 0 Å². The van der Waals surface area contributed by atoms with Gasteiger partial charge in [-0.2, -0.15) is 0 Å². The molecule has 0 aromatic heterocycles. The molecule has 0 spiro atoms. The van der Waals surface area contributed by atoms with E-state index in [0.29, 0.717) is 5.92 Å². The number of rotatable bonds is 10. The molecule has 0 aliphatic carbocycles. The molecule has 22 heavy (non-hydrogen) atoms. The number of hydrogen-bond acceptors (Lipinski definition) is 0. The monoisotopic (exact) mass is 300 g/mol. The van der Waals surface area contributed by atoms with E-state index in [1.807, 2.05) is 6.08 Å². The predicted octanol–water partition coefficient (Wildman–Crippen LogP) is 7.56. The Labute approximate surface area is 139 Å². The van der Waals surface area contributed by atoms with E-state index in [2.05, 4.69) is 72.4 Å². The Morgan fingerprint density at radius 2 is 1.73 bits per heavy atom. The second-order valence-electron chi connectivity index (χ2n) is 6.50. The van der Waals surface area contributed by atoms with Crippen molar-refractivity contribution in [3.8, 4) is 0 Å². The van der Waals surface area contributed by atoms with E-state index in [1.165, 1.54) is 54.4 Å². The van der Waals surface area contributed by atoms with Crippen LogP contribution in [0, 0.1) is 5.92 Å². The van der Waals surface area contributed by atoms with Crippen molar-refractivity contribution in [2.45, 2.75) is 73.6 Å². The maximum Gasteiger partial charge on any atom is -0.0261 e. The highest BCUT2D eigenvalue weighted by molar-refractivity contribution is 5.31. The lowest BCUT2D eigenvalue weighted by Crippen LogP contribution is -1.85. The SMILES string of the molecule is C=CC(C)=C(C)C=C(C)CCCCC=C(C)C=CC(C)CC. The lowest BCUT2D eigenvalue weighted by molar-refractivity contribution is 0.697. The first-order chi connectivity index (χ1) is 10.4. The van der Waals surface area contributed by atoms with Crippen molar-refractivity contribution in [1.82, 2.24) is 0 Å². The van der Waals surface area contributed by atoms with Gasteiger partial charge in [0.25, 0.3) is 0 Å². The van der Waals surface area contributed by atoms with Crippen molar-refractivity contribution in [3.63, 3.8) is 0 Å². The molecule has 0 heteroatoms. The smallest absolute Gasteiger partial charge is 0.0261 e. The Kier molecular flexibility index (Phi) is 11.5.